The highest BCUT2D eigenvalue weighted by atomic mass is 16.5. The molecule has 118 valence electrons. The third-order valence-corrected chi connectivity index (χ3v) is 3.28. The van der Waals surface area contributed by atoms with Crippen LogP contribution in [0, 0.1) is 0 Å². The predicted molar refractivity (Wildman–Crippen MR) is 82.4 cm³/mol. The molecule has 0 spiro atoms. The van der Waals surface area contributed by atoms with Gasteiger partial charge in [0.15, 0.2) is 11.5 Å². The summed E-state index contributed by atoms with van der Waals surface area (Å²) in [6.45, 7) is 1.99. The van der Waals surface area contributed by atoms with Gasteiger partial charge in [0.1, 0.15) is 0 Å². The van der Waals surface area contributed by atoms with E-state index >= 15 is 0 Å². The van der Waals surface area contributed by atoms with Crippen molar-refractivity contribution in [2.75, 3.05) is 33.3 Å². The number of carbonyl (C=O) groups is 1. The molecule has 6 heteroatoms. The van der Waals surface area contributed by atoms with Gasteiger partial charge in [0.2, 0.25) is 11.7 Å². The number of nitrogens with two attached hydrogens (primary N) is 1. The number of rotatable bonds is 7. The lowest BCUT2D eigenvalue weighted by atomic mass is 10.1. The predicted octanol–water partition coefficient (Wildman–Crippen LogP) is 1.80. The van der Waals surface area contributed by atoms with Crippen LogP contribution in [0.25, 0.3) is 0 Å². The lowest BCUT2D eigenvalue weighted by molar-refractivity contribution is -0.119. The van der Waals surface area contributed by atoms with Crippen LogP contribution in [-0.4, -0.2) is 40.3 Å². The van der Waals surface area contributed by atoms with Crippen molar-refractivity contribution < 1.29 is 19.0 Å². The molecule has 1 amide bonds. The van der Waals surface area contributed by atoms with E-state index in [4.69, 9.17) is 19.9 Å². The Bertz CT molecular complexity index is 466. The molecule has 0 saturated carbocycles. The zero-order valence-electron chi connectivity index (χ0n) is 13.3. The van der Waals surface area contributed by atoms with Gasteiger partial charge in [0.05, 0.1) is 33.1 Å². The molecular formula is C15H24N2O4. The van der Waals surface area contributed by atoms with Crippen LogP contribution in [-0.2, 0) is 4.79 Å². The molecule has 0 heterocycles. The van der Waals surface area contributed by atoms with Crippen LogP contribution in [0.4, 0.5) is 5.69 Å². The molecule has 2 N–H and O–H groups in total. The molecule has 21 heavy (non-hydrogen) atoms. The second-order valence-electron chi connectivity index (χ2n) is 4.68. The molecular weight excluding hydrogens is 272 g/mol. The van der Waals surface area contributed by atoms with Crippen molar-refractivity contribution in [3.8, 4) is 17.2 Å². The fraction of sp³-hybridized carbons (Fsp3) is 0.533. The van der Waals surface area contributed by atoms with E-state index in [0.29, 0.717) is 29.4 Å². The minimum Gasteiger partial charge on any atom is -0.493 e. The van der Waals surface area contributed by atoms with Gasteiger partial charge in [-0.25, -0.2) is 0 Å². The quantitative estimate of drug-likeness (QED) is 0.830. The van der Waals surface area contributed by atoms with Crippen molar-refractivity contribution in [1.82, 2.24) is 0 Å². The first-order valence-corrected chi connectivity index (χ1v) is 6.83. The number of carbonyl (C=O) groups excluding carboxylic acids is 1. The normalized spacial score (nSPS) is 11.7. The van der Waals surface area contributed by atoms with Crippen molar-refractivity contribution in [1.29, 1.82) is 0 Å². The minimum absolute atomic E-state index is 0.147. The van der Waals surface area contributed by atoms with E-state index in [9.17, 15) is 4.79 Å². The van der Waals surface area contributed by atoms with Gasteiger partial charge in [-0.2, -0.15) is 0 Å². The van der Waals surface area contributed by atoms with Gasteiger partial charge in [-0.05, 0) is 6.42 Å². The Hall–Kier alpha value is -1.95. The molecule has 1 rings (SSSR count). The second kappa shape index (κ2) is 7.73. The SMILES string of the molecule is CCCC(N)C(=O)N(C)c1cc(OC)c(OC)c(OC)c1. The molecule has 6 nitrogen and oxygen atoms in total. The molecule has 0 aliphatic rings. The highest BCUT2D eigenvalue weighted by Gasteiger charge is 2.21. The lowest BCUT2D eigenvalue weighted by Gasteiger charge is -2.23. The first kappa shape index (κ1) is 17.1. The number of hydrogen-bond donors (Lipinski definition) is 1. The van der Waals surface area contributed by atoms with E-state index in [1.807, 2.05) is 6.92 Å². The van der Waals surface area contributed by atoms with Gasteiger partial charge >= 0.3 is 0 Å². The van der Waals surface area contributed by atoms with E-state index < -0.39 is 6.04 Å². The molecule has 0 aliphatic carbocycles. The summed E-state index contributed by atoms with van der Waals surface area (Å²) in [6, 6.07) is 2.93. The third kappa shape index (κ3) is 3.78. The minimum atomic E-state index is -0.515. The lowest BCUT2D eigenvalue weighted by Crippen LogP contribution is -2.41. The number of amides is 1. The van der Waals surface area contributed by atoms with Crippen LogP contribution in [0.1, 0.15) is 19.8 Å². The number of likely N-dealkylation sites (N-methyl/N-ethyl adjacent to an activating group) is 1. The van der Waals surface area contributed by atoms with Gasteiger partial charge in [-0.1, -0.05) is 13.3 Å². The summed E-state index contributed by atoms with van der Waals surface area (Å²) in [5.74, 6) is 1.33. The fourth-order valence-electron chi connectivity index (χ4n) is 2.07. The first-order valence-electron chi connectivity index (χ1n) is 6.83. The largest absolute Gasteiger partial charge is 0.493 e. The molecule has 1 aromatic rings. The number of methoxy groups -OCH3 is 3. The molecule has 1 atom stereocenters. The molecule has 1 unspecified atom stereocenters. The van der Waals surface area contributed by atoms with Gasteiger partial charge in [-0.15, -0.1) is 0 Å². The monoisotopic (exact) mass is 296 g/mol. The molecule has 0 radical (unpaired) electrons. The van der Waals surface area contributed by atoms with E-state index in [2.05, 4.69) is 0 Å². The topological polar surface area (TPSA) is 74.0 Å². The Balaban J connectivity index is 3.15. The third-order valence-electron chi connectivity index (χ3n) is 3.28. The van der Waals surface area contributed by atoms with E-state index in [1.54, 1.807) is 19.2 Å². The van der Waals surface area contributed by atoms with Crippen molar-refractivity contribution in [3.05, 3.63) is 12.1 Å². The summed E-state index contributed by atoms with van der Waals surface area (Å²) in [4.78, 5) is 13.8. The molecule has 0 aromatic heterocycles. The smallest absolute Gasteiger partial charge is 0.243 e. The van der Waals surface area contributed by atoms with E-state index in [1.165, 1.54) is 26.2 Å². The highest BCUT2D eigenvalue weighted by molar-refractivity contribution is 5.97. The van der Waals surface area contributed by atoms with E-state index in [-0.39, 0.29) is 5.91 Å². The summed E-state index contributed by atoms with van der Waals surface area (Å²) in [6.07, 6.45) is 1.50. The van der Waals surface area contributed by atoms with Crippen LogP contribution >= 0.6 is 0 Å². The van der Waals surface area contributed by atoms with Gasteiger partial charge in [-0.3, -0.25) is 4.79 Å². The Morgan fingerprint density at radius 1 is 1.19 bits per heavy atom. The molecule has 0 bridgehead atoms. The fourth-order valence-corrected chi connectivity index (χ4v) is 2.07. The van der Waals surface area contributed by atoms with Crippen LogP contribution in [0.2, 0.25) is 0 Å². The standard InChI is InChI=1S/C15H24N2O4/c1-6-7-11(16)15(18)17(2)10-8-12(19-3)14(21-5)13(9-10)20-4/h8-9,11H,6-7,16H2,1-5H3. The maximum absolute atomic E-state index is 12.3. The number of nitrogens with zero attached hydrogens (tertiary/aromatic N) is 1. The average Bonchev–Trinajstić information content (AvgIpc) is 2.51. The molecule has 0 fully saturated rings. The van der Waals surface area contributed by atoms with Crippen LogP contribution in [0.5, 0.6) is 17.2 Å². The molecule has 0 aliphatic heterocycles. The van der Waals surface area contributed by atoms with Gasteiger partial charge < -0.3 is 24.8 Å². The Kier molecular flexibility index (Phi) is 6.30. The summed E-state index contributed by atoms with van der Waals surface area (Å²) in [5.41, 5.74) is 6.52. The van der Waals surface area contributed by atoms with Crippen LogP contribution in [0.3, 0.4) is 0 Å². The van der Waals surface area contributed by atoms with Gasteiger partial charge in [0.25, 0.3) is 0 Å². The Morgan fingerprint density at radius 3 is 2.10 bits per heavy atom. The highest BCUT2D eigenvalue weighted by Crippen LogP contribution is 2.40. The average molecular weight is 296 g/mol. The Labute approximate surface area is 125 Å². The maximum Gasteiger partial charge on any atom is 0.243 e. The number of hydrogen-bond acceptors (Lipinski definition) is 5. The number of anilines is 1. The first-order chi connectivity index (χ1) is 9.99. The summed E-state index contributed by atoms with van der Waals surface area (Å²) < 4.78 is 15.8. The van der Waals surface area contributed by atoms with Crippen molar-refractivity contribution in [3.63, 3.8) is 0 Å². The second-order valence-corrected chi connectivity index (χ2v) is 4.68. The summed E-state index contributed by atoms with van der Waals surface area (Å²) in [5, 5.41) is 0. The summed E-state index contributed by atoms with van der Waals surface area (Å²) in [7, 11) is 6.28. The van der Waals surface area contributed by atoms with Crippen molar-refractivity contribution in [2.45, 2.75) is 25.8 Å². The maximum atomic E-state index is 12.3. The van der Waals surface area contributed by atoms with Crippen LogP contribution in [0.15, 0.2) is 12.1 Å². The number of benzene rings is 1. The van der Waals surface area contributed by atoms with Gasteiger partial charge in [0, 0.05) is 19.2 Å². The number of ether oxygens (including phenoxy) is 3. The summed E-state index contributed by atoms with van der Waals surface area (Å²) >= 11 is 0. The zero-order chi connectivity index (χ0) is 16.0. The van der Waals surface area contributed by atoms with Crippen LogP contribution < -0.4 is 24.8 Å². The molecule has 0 saturated heterocycles. The zero-order valence-corrected chi connectivity index (χ0v) is 13.3. The van der Waals surface area contributed by atoms with E-state index in [0.717, 1.165) is 6.42 Å². The Morgan fingerprint density at radius 2 is 1.71 bits per heavy atom. The van der Waals surface area contributed by atoms with Crippen molar-refractivity contribution in [2.24, 2.45) is 5.73 Å². The van der Waals surface area contributed by atoms with Crippen molar-refractivity contribution >= 4 is 11.6 Å². The molecule has 1 aromatic carbocycles.